The van der Waals surface area contributed by atoms with Gasteiger partial charge in [0.25, 0.3) is 10.0 Å². The first-order valence-electron chi connectivity index (χ1n) is 7.83. The summed E-state index contributed by atoms with van der Waals surface area (Å²) in [7, 11) is 0.335. The number of rotatable bonds is 3. The van der Waals surface area contributed by atoms with Crippen LogP contribution in [-0.2, 0) is 16.4 Å². The Morgan fingerprint density at radius 3 is 2.56 bits per heavy atom. The zero-order valence-corrected chi connectivity index (χ0v) is 16.1. The summed E-state index contributed by atoms with van der Waals surface area (Å²) in [6.45, 7) is 0.854. The van der Waals surface area contributed by atoms with Crippen LogP contribution in [-0.4, -0.2) is 37.9 Å². The van der Waals surface area contributed by atoms with Crippen molar-refractivity contribution in [2.75, 3.05) is 20.6 Å². The zero-order valence-electron chi connectivity index (χ0n) is 13.8. The molecule has 0 saturated heterocycles. The fourth-order valence-electron chi connectivity index (χ4n) is 3.25. The SMILES string of the molecule is CN(C)CCc1ccc2c(c1)S(=O)(=O)n1cc-2c2c(Cl)c(Cl)ccc21. The number of benzene rings is 2. The molecular formula is C18H16Cl2N2O2S. The molecule has 4 nitrogen and oxygen atoms in total. The molecule has 1 aliphatic rings. The Labute approximate surface area is 156 Å². The number of fused-ring (bicyclic) bond motifs is 7. The second-order valence-corrected chi connectivity index (χ2v) is 9.05. The minimum atomic E-state index is -3.65. The lowest BCUT2D eigenvalue weighted by molar-refractivity contribution is 0.413. The van der Waals surface area contributed by atoms with E-state index in [1.54, 1.807) is 24.4 Å². The highest BCUT2D eigenvalue weighted by Crippen LogP contribution is 2.45. The average molecular weight is 395 g/mol. The van der Waals surface area contributed by atoms with Crippen molar-refractivity contribution in [3.05, 3.63) is 52.1 Å². The standard InChI is InChI=1S/C18H16Cl2N2O2S/c1-21(2)8-7-11-3-4-12-13-10-22(25(23,24)16(12)9-11)15-6-5-14(19)18(20)17(13)15/h3-6,9-10H,7-8H2,1-2H3. The molecule has 0 N–H and O–H groups in total. The van der Waals surface area contributed by atoms with E-state index in [0.29, 0.717) is 31.4 Å². The van der Waals surface area contributed by atoms with Gasteiger partial charge in [-0.3, -0.25) is 0 Å². The molecule has 1 aromatic heterocycles. The summed E-state index contributed by atoms with van der Waals surface area (Å²) in [4.78, 5) is 2.39. The number of likely N-dealkylation sites (N-methyl/N-ethyl adjacent to an activating group) is 1. The Kier molecular flexibility index (Phi) is 3.88. The molecule has 0 atom stereocenters. The van der Waals surface area contributed by atoms with E-state index in [1.807, 2.05) is 26.2 Å². The number of hydrogen-bond acceptors (Lipinski definition) is 3. The fraction of sp³-hybridized carbons (Fsp3) is 0.222. The van der Waals surface area contributed by atoms with Gasteiger partial charge in [-0.2, -0.15) is 0 Å². The van der Waals surface area contributed by atoms with Crippen LogP contribution in [0.15, 0.2) is 41.4 Å². The van der Waals surface area contributed by atoms with Crippen LogP contribution < -0.4 is 0 Å². The molecule has 0 amide bonds. The van der Waals surface area contributed by atoms with Crippen molar-refractivity contribution in [3.8, 4) is 11.1 Å². The van der Waals surface area contributed by atoms with E-state index in [-0.39, 0.29) is 0 Å². The van der Waals surface area contributed by atoms with Crippen molar-refractivity contribution in [3.63, 3.8) is 0 Å². The van der Waals surface area contributed by atoms with Gasteiger partial charge in [-0.25, -0.2) is 12.4 Å². The van der Waals surface area contributed by atoms with Gasteiger partial charge < -0.3 is 4.90 Å². The van der Waals surface area contributed by atoms with Gasteiger partial charge in [0.05, 0.1) is 20.5 Å². The summed E-state index contributed by atoms with van der Waals surface area (Å²) in [6.07, 6.45) is 2.42. The van der Waals surface area contributed by atoms with Gasteiger partial charge in [-0.05, 0) is 44.3 Å². The average Bonchev–Trinajstić information content (AvgIpc) is 2.93. The minimum absolute atomic E-state index is 0.324. The van der Waals surface area contributed by atoms with Crippen LogP contribution in [0.1, 0.15) is 5.56 Å². The van der Waals surface area contributed by atoms with Crippen LogP contribution in [0.5, 0.6) is 0 Å². The van der Waals surface area contributed by atoms with Crippen molar-refractivity contribution in [1.29, 1.82) is 0 Å². The molecule has 0 spiro atoms. The van der Waals surface area contributed by atoms with Crippen molar-refractivity contribution in [2.45, 2.75) is 11.3 Å². The summed E-state index contributed by atoms with van der Waals surface area (Å²) >= 11 is 12.5. The quantitative estimate of drug-likeness (QED) is 0.520. The topological polar surface area (TPSA) is 42.3 Å². The van der Waals surface area contributed by atoms with Crippen molar-refractivity contribution in [2.24, 2.45) is 0 Å². The van der Waals surface area contributed by atoms with Crippen LogP contribution in [0.4, 0.5) is 0 Å². The summed E-state index contributed by atoms with van der Waals surface area (Å²) in [5, 5.41) is 1.47. The first kappa shape index (κ1) is 16.9. The molecule has 4 rings (SSSR count). The third-order valence-electron chi connectivity index (χ3n) is 4.55. The van der Waals surface area contributed by atoms with Gasteiger partial charge in [-0.15, -0.1) is 0 Å². The highest BCUT2D eigenvalue weighted by Gasteiger charge is 2.32. The van der Waals surface area contributed by atoms with E-state index in [1.165, 1.54) is 3.97 Å². The third-order valence-corrected chi connectivity index (χ3v) is 7.06. The van der Waals surface area contributed by atoms with Crippen LogP contribution in [0.25, 0.3) is 22.0 Å². The van der Waals surface area contributed by atoms with Crippen molar-refractivity contribution in [1.82, 2.24) is 8.87 Å². The Morgan fingerprint density at radius 1 is 1.08 bits per heavy atom. The molecule has 7 heteroatoms. The second kappa shape index (κ2) is 5.74. The predicted molar refractivity (Wildman–Crippen MR) is 102 cm³/mol. The maximum Gasteiger partial charge on any atom is 0.268 e. The van der Waals surface area contributed by atoms with Gasteiger partial charge in [0.2, 0.25) is 0 Å². The molecule has 0 unspecified atom stereocenters. The maximum atomic E-state index is 13.1. The highest BCUT2D eigenvalue weighted by atomic mass is 35.5. The van der Waals surface area contributed by atoms with Gasteiger partial charge in [-0.1, -0.05) is 35.3 Å². The normalized spacial score (nSPS) is 14.9. The van der Waals surface area contributed by atoms with Crippen molar-refractivity contribution >= 4 is 44.1 Å². The second-order valence-electron chi connectivity index (χ2n) is 6.48. The molecule has 2 bridgehead atoms. The molecule has 2 heterocycles. The molecule has 2 aromatic carbocycles. The molecular weight excluding hydrogens is 379 g/mol. The molecule has 0 fully saturated rings. The number of aromatic nitrogens is 1. The van der Waals surface area contributed by atoms with Gasteiger partial charge in [0, 0.05) is 29.3 Å². The predicted octanol–water partition coefficient (Wildman–Crippen LogP) is 4.27. The molecule has 130 valence electrons. The van der Waals surface area contributed by atoms with E-state index in [4.69, 9.17) is 23.2 Å². The highest BCUT2D eigenvalue weighted by molar-refractivity contribution is 7.90. The van der Waals surface area contributed by atoms with E-state index >= 15 is 0 Å². The van der Waals surface area contributed by atoms with Gasteiger partial charge >= 0.3 is 0 Å². The van der Waals surface area contributed by atoms with E-state index in [2.05, 4.69) is 4.90 Å². The third kappa shape index (κ3) is 2.49. The van der Waals surface area contributed by atoms with Gasteiger partial charge in [0.15, 0.2) is 0 Å². The molecule has 3 aromatic rings. The summed E-state index contributed by atoms with van der Waals surface area (Å²) in [5.41, 5.74) is 3.02. The van der Waals surface area contributed by atoms with Crippen molar-refractivity contribution < 1.29 is 8.42 Å². The zero-order chi connectivity index (χ0) is 17.9. The summed E-state index contributed by atoms with van der Waals surface area (Å²) in [6, 6.07) is 8.94. The Balaban J connectivity index is 1.98. The molecule has 25 heavy (non-hydrogen) atoms. The minimum Gasteiger partial charge on any atom is -0.309 e. The number of halogens is 2. The molecule has 0 radical (unpaired) electrons. The van der Waals surface area contributed by atoms with E-state index in [9.17, 15) is 8.42 Å². The van der Waals surface area contributed by atoms with Crippen LogP contribution in [0, 0.1) is 0 Å². The first-order valence-corrected chi connectivity index (χ1v) is 10.0. The first-order chi connectivity index (χ1) is 11.8. The Hall–Kier alpha value is -1.53. The Bertz CT molecular complexity index is 1120. The largest absolute Gasteiger partial charge is 0.309 e. The van der Waals surface area contributed by atoms with Crippen LogP contribution >= 0.6 is 23.2 Å². The van der Waals surface area contributed by atoms with E-state index < -0.39 is 10.0 Å². The fourth-order valence-corrected chi connectivity index (χ4v) is 5.29. The Morgan fingerprint density at radius 2 is 1.84 bits per heavy atom. The lowest BCUT2D eigenvalue weighted by Crippen LogP contribution is -2.17. The molecule has 1 aliphatic heterocycles. The number of hydrogen-bond donors (Lipinski definition) is 0. The number of nitrogens with zero attached hydrogens (tertiary/aromatic N) is 2. The maximum absolute atomic E-state index is 13.1. The van der Waals surface area contributed by atoms with Crippen LogP contribution in [0.2, 0.25) is 10.0 Å². The van der Waals surface area contributed by atoms with E-state index in [0.717, 1.165) is 24.1 Å². The monoisotopic (exact) mass is 394 g/mol. The molecule has 0 saturated carbocycles. The lowest BCUT2D eigenvalue weighted by Gasteiger charge is -2.16. The van der Waals surface area contributed by atoms with Crippen LogP contribution in [0.3, 0.4) is 0 Å². The van der Waals surface area contributed by atoms with Gasteiger partial charge in [0.1, 0.15) is 0 Å². The lowest BCUT2D eigenvalue weighted by atomic mass is 10.0. The molecule has 0 aliphatic carbocycles. The summed E-state index contributed by atoms with van der Waals surface area (Å²) in [5.74, 6) is 0. The summed E-state index contributed by atoms with van der Waals surface area (Å²) < 4.78 is 27.5. The smallest absolute Gasteiger partial charge is 0.268 e.